The molecule has 0 aliphatic rings. The zero-order valence-corrected chi connectivity index (χ0v) is 12.5. The Morgan fingerprint density at radius 1 is 1.12 bits per heavy atom. The molecule has 4 rings (SSSR count). The topological polar surface area (TPSA) is 84.3 Å². The van der Waals surface area contributed by atoms with Gasteiger partial charge in [0.2, 0.25) is 0 Å². The maximum absolute atomic E-state index is 12.8. The zero-order valence-electron chi connectivity index (χ0n) is 12.5. The van der Waals surface area contributed by atoms with E-state index in [1.54, 1.807) is 18.5 Å². The van der Waals surface area contributed by atoms with Crippen LogP contribution in [0.2, 0.25) is 0 Å². The number of hydrogen-bond donors (Lipinski definition) is 2. The van der Waals surface area contributed by atoms with Gasteiger partial charge in [0.1, 0.15) is 12.1 Å². The molecule has 0 atom stereocenters. The van der Waals surface area contributed by atoms with Crippen molar-refractivity contribution in [3.63, 3.8) is 0 Å². The lowest BCUT2D eigenvalue weighted by atomic mass is 10.2. The molecule has 126 valence electrons. The van der Waals surface area contributed by atoms with Crippen LogP contribution in [-0.2, 0) is 6.18 Å². The SMILES string of the molecule is FC(F)(F)c1cccc(-n2cc(Nc3ncnc4[nH]ncc34)cn2)c1. The van der Waals surface area contributed by atoms with Crippen LogP contribution >= 0.6 is 0 Å². The number of anilines is 2. The summed E-state index contributed by atoms with van der Waals surface area (Å²) in [4.78, 5) is 8.17. The highest BCUT2D eigenvalue weighted by Gasteiger charge is 2.30. The number of aromatic nitrogens is 6. The zero-order chi connectivity index (χ0) is 17.4. The van der Waals surface area contributed by atoms with Crippen molar-refractivity contribution in [2.75, 3.05) is 5.32 Å². The number of rotatable bonds is 3. The Morgan fingerprint density at radius 3 is 2.84 bits per heavy atom. The molecular formula is C15H10F3N7. The second kappa shape index (κ2) is 5.58. The first-order chi connectivity index (χ1) is 12.0. The molecule has 10 heteroatoms. The maximum Gasteiger partial charge on any atom is 0.416 e. The van der Waals surface area contributed by atoms with Crippen LogP contribution in [0.25, 0.3) is 16.7 Å². The van der Waals surface area contributed by atoms with Crippen molar-refractivity contribution in [3.8, 4) is 5.69 Å². The van der Waals surface area contributed by atoms with Gasteiger partial charge in [-0.25, -0.2) is 14.6 Å². The van der Waals surface area contributed by atoms with Gasteiger partial charge in [0.05, 0.1) is 40.9 Å². The number of fused-ring (bicyclic) bond motifs is 1. The second-order valence-corrected chi connectivity index (χ2v) is 5.20. The number of alkyl halides is 3. The predicted octanol–water partition coefficient (Wildman–Crippen LogP) is 3.30. The summed E-state index contributed by atoms with van der Waals surface area (Å²) >= 11 is 0. The molecule has 3 heterocycles. The van der Waals surface area contributed by atoms with Crippen molar-refractivity contribution in [3.05, 3.63) is 54.7 Å². The molecule has 4 aromatic rings. The summed E-state index contributed by atoms with van der Waals surface area (Å²) in [6.07, 6.45) is 1.62. The summed E-state index contributed by atoms with van der Waals surface area (Å²) < 4.78 is 39.8. The smallest absolute Gasteiger partial charge is 0.337 e. The molecule has 0 spiro atoms. The number of hydrogen-bond acceptors (Lipinski definition) is 5. The van der Waals surface area contributed by atoms with Crippen LogP contribution in [0, 0.1) is 0 Å². The molecule has 7 nitrogen and oxygen atoms in total. The molecule has 0 fully saturated rings. The highest BCUT2D eigenvalue weighted by Crippen LogP contribution is 2.30. The molecular weight excluding hydrogens is 335 g/mol. The summed E-state index contributed by atoms with van der Waals surface area (Å²) in [7, 11) is 0. The fourth-order valence-electron chi connectivity index (χ4n) is 2.35. The number of aromatic amines is 1. The average Bonchev–Trinajstić information content (AvgIpc) is 3.24. The third-order valence-electron chi connectivity index (χ3n) is 3.53. The van der Waals surface area contributed by atoms with Crippen LogP contribution in [0.4, 0.5) is 24.7 Å². The first kappa shape index (κ1) is 15.1. The number of nitrogens with one attached hydrogen (secondary N) is 2. The minimum absolute atomic E-state index is 0.305. The summed E-state index contributed by atoms with van der Waals surface area (Å²) in [6.45, 7) is 0. The molecule has 25 heavy (non-hydrogen) atoms. The van der Waals surface area contributed by atoms with E-state index in [1.807, 2.05) is 0 Å². The van der Waals surface area contributed by atoms with Crippen LogP contribution in [0.15, 0.2) is 49.2 Å². The summed E-state index contributed by atoms with van der Waals surface area (Å²) in [5, 5.41) is 14.5. The Morgan fingerprint density at radius 2 is 2.00 bits per heavy atom. The van der Waals surface area contributed by atoms with Gasteiger partial charge in [-0.3, -0.25) is 5.10 Å². The first-order valence-corrected chi connectivity index (χ1v) is 7.14. The summed E-state index contributed by atoms with van der Waals surface area (Å²) in [6, 6.07) is 4.94. The Bertz CT molecular complexity index is 1030. The van der Waals surface area contributed by atoms with Gasteiger partial charge in [0.15, 0.2) is 5.65 Å². The van der Waals surface area contributed by atoms with Gasteiger partial charge in [0, 0.05) is 0 Å². The number of H-pyrrole nitrogens is 1. The number of nitrogens with zero attached hydrogens (tertiary/aromatic N) is 5. The van der Waals surface area contributed by atoms with E-state index in [4.69, 9.17) is 0 Å². The molecule has 0 unspecified atom stereocenters. The highest BCUT2D eigenvalue weighted by molar-refractivity contribution is 5.87. The minimum atomic E-state index is -4.40. The van der Waals surface area contributed by atoms with Crippen LogP contribution in [-0.4, -0.2) is 29.9 Å². The van der Waals surface area contributed by atoms with E-state index in [0.29, 0.717) is 28.2 Å². The Balaban J connectivity index is 1.64. The molecule has 0 saturated carbocycles. The fraction of sp³-hybridized carbons (Fsp3) is 0.0667. The van der Waals surface area contributed by atoms with E-state index in [-0.39, 0.29) is 0 Å². The van der Waals surface area contributed by atoms with E-state index < -0.39 is 11.7 Å². The van der Waals surface area contributed by atoms with Crippen molar-refractivity contribution in [2.24, 2.45) is 0 Å². The van der Waals surface area contributed by atoms with Crippen molar-refractivity contribution in [1.82, 2.24) is 29.9 Å². The highest BCUT2D eigenvalue weighted by atomic mass is 19.4. The van der Waals surface area contributed by atoms with Crippen LogP contribution in [0.5, 0.6) is 0 Å². The molecule has 0 radical (unpaired) electrons. The Kier molecular flexibility index (Phi) is 3.38. The first-order valence-electron chi connectivity index (χ1n) is 7.14. The molecule has 3 aromatic heterocycles. The van der Waals surface area contributed by atoms with Gasteiger partial charge in [0.25, 0.3) is 0 Å². The largest absolute Gasteiger partial charge is 0.416 e. The summed E-state index contributed by atoms with van der Waals surface area (Å²) in [5.41, 5.74) is 0.714. The standard InChI is InChI=1S/C15H10F3N7/c16-15(17,18)9-2-1-3-11(4-9)25-7-10(5-22-25)23-13-12-6-21-24-14(12)20-8-19-13/h1-8H,(H2,19,20,21,23,24). The van der Waals surface area contributed by atoms with Crippen molar-refractivity contribution < 1.29 is 13.2 Å². The molecule has 2 N–H and O–H groups in total. The normalized spacial score (nSPS) is 11.8. The third kappa shape index (κ3) is 2.89. The van der Waals surface area contributed by atoms with Crippen molar-refractivity contribution >= 4 is 22.5 Å². The molecule has 0 amide bonds. The van der Waals surface area contributed by atoms with Crippen LogP contribution < -0.4 is 5.32 Å². The van der Waals surface area contributed by atoms with Crippen molar-refractivity contribution in [2.45, 2.75) is 6.18 Å². The summed E-state index contributed by atoms with van der Waals surface area (Å²) in [5.74, 6) is 0.516. The lowest BCUT2D eigenvalue weighted by Gasteiger charge is -2.08. The third-order valence-corrected chi connectivity index (χ3v) is 3.53. The average molecular weight is 345 g/mol. The predicted molar refractivity (Wildman–Crippen MR) is 83.5 cm³/mol. The lowest BCUT2D eigenvalue weighted by Crippen LogP contribution is -2.06. The van der Waals surface area contributed by atoms with E-state index in [0.717, 1.165) is 12.1 Å². The molecule has 0 aliphatic carbocycles. The lowest BCUT2D eigenvalue weighted by molar-refractivity contribution is -0.137. The van der Waals surface area contributed by atoms with Gasteiger partial charge >= 0.3 is 6.18 Å². The van der Waals surface area contributed by atoms with E-state index in [1.165, 1.54) is 23.3 Å². The van der Waals surface area contributed by atoms with Gasteiger partial charge < -0.3 is 5.32 Å². The Hall–Kier alpha value is -3.43. The van der Waals surface area contributed by atoms with Gasteiger partial charge in [-0.1, -0.05) is 6.07 Å². The fourth-order valence-corrected chi connectivity index (χ4v) is 2.35. The number of halogens is 3. The quantitative estimate of drug-likeness (QED) is 0.595. The molecule has 0 saturated heterocycles. The van der Waals surface area contributed by atoms with E-state index in [9.17, 15) is 13.2 Å². The van der Waals surface area contributed by atoms with Gasteiger partial charge in [-0.05, 0) is 18.2 Å². The van der Waals surface area contributed by atoms with Gasteiger partial charge in [-0.15, -0.1) is 0 Å². The Labute approximate surface area is 138 Å². The van der Waals surface area contributed by atoms with E-state index in [2.05, 4.69) is 30.6 Å². The molecule has 1 aromatic carbocycles. The minimum Gasteiger partial charge on any atom is -0.337 e. The van der Waals surface area contributed by atoms with Crippen molar-refractivity contribution in [1.29, 1.82) is 0 Å². The van der Waals surface area contributed by atoms with Crippen LogP contribution in [0.1, 0.15) is 5.56 Å². The molecule has 0 aliphatic heterocycles. The maximum atomic E-state index is 12.8. The monoisotopic (exact) mass is 345 g/mol. The molecule has 0 bridgehead atoms. The van der Waals surface area contributed by atoms with E-state index >= 15 is 0 Å². The second-order valence-electron chi connectivity index (χ2n) is 5.20. The number of benzene rings is 1. The van der Waals surface area contributed by atoms with Crippen LogP contribution in [0.3, 0.4) is 0 Å². The van der Waals surface area contributed by atoms with Gasteiger partial charge in [-0.2, -0.15) is 23.4 Å².